The minimum absolute atomic E-state index is 0.106. The Morgan fingerprint density at radius 1 is 1.14 bits per heavy atom. The van der Waals surface area contributed by atoms with Gasteiger partial charge in [-0.15, -0.1) is 0 Å². The van der Waals surface area contributed by atoms with Crippen LogP contribution in [0.25, 0.3) is 0 Å². The molecule has 0 aromatic heterocycles. The average Bonchev–Trinajstić information content (AvgIpc) is 2.41. The van der Waals surface area contributed by atoms with Crippen molar-refractivity contribution in [2.24, 2.45) is 0 Å². The van der Waals surface area contributed by atoms with E-state index in [1.807, 2.05) is 0 Å². The Kier molecular flexibility index (Phi) is 4.01. The Hall–Kier alpha value is -2.32. The molecule has 0 amide bonds. The lowest BCUT2D eigenvalue weighted by atomic mass is 10.3. The molecule has 3 N–H and O–H groups in total. The summed E-state index contributed by atoms with van der Waals surface area (Å²) in [4.78, 5) is 9.80. The molecule has 9 heteroatoms. The maximum Gasteiger partial charge on any atom is 0.293 e. The summed E-state index contributed by atoms with van der Waals surface area (Å²) in [6.45, 7) is 0. The van der Waals surface area contributed by atoms with E-state index < -0.39 is 20.6 Å². The molecule has 0 heterocycles. The molecule has 7 nitrogen and oxygen atoms in total. The van der Waals surface area contributed by atoms with Crippen LogP contribution in [-0.4, -0.2) is 13.3 Å². The van der Waals surface area contributed by atoms with E-state index in [1.54, 1.807) is 0 Å². The second-order valence-corrected chi connectivity index (χ2v) is 6.21. The highest BCUT2D eigenvalue weighted by Crippen LogP contribution is 2.26. The van der Waals surface area contributed by atoms with Crippen molar-refractivity contribution >= 4 is 38.7 Å². The fraction of sp³-hybridized carbons (Fsp3) is 0. The molecule has 0 saturated carbocycles. The minimum Gasteiger partial charge on any atom is -0.393 e. The number of halogens is 1. The van der Waals surface area contributed by atoms with Crippen LogP contribution >= 0.6 is 11.6 Å². The van der Waals surface area contributed by atoms with Crippen LogP contribution in [0, 0.1) is 10.1 Å². The number of hydrogen-bond acceptors (Lipinski definition) is 5. The number of anilines is 2. The average molecular weight is 328 g/mol. The fourth-order valence-electron chi connectivity index (χ4n) is 1.58. The number of nitro groups is 1. The summed E-state index contributed by atoms with van der Waals surface area (Å²) < 4.78 is 26.6. The normalized spacial score (nSPS) is 11.1. The van der Waals surface area contributed by atoms with Gasteiger partial charge in [0.15, 0.2) is 0 Å². The molecular formula is C12H10ClN3O4S. The number of nitrogens with one attached hydrogen (secondary N) is 1. The number of hydrogen-bond donors (Lipinski definition) is 2. The Morgan fingerprint density at radius 3 is 2.33 bits per heavy atom. The van der Waals surface area contributed by atoms with Crippen LogP contribution in [0.5, 0.6) is 0 Å². The summed E-state index contributed by atoms with van der Waals surface area (Å²) in [6.07, 6.45) is 0. The largest absolute Gasteiger partial charge is 0.393 e. The van der Waals surface area contributed by atoms with Crippen molar-refractivity contribution in [2.75, 3.05) is 10.5 Å². The Bertz CT molecular complexity index is 791. The van der Waals surface area contributed by atoms with Gasteiger partial charge in [0, 0.05) is 16.8 Å². The first-order valence-electron chi connectivity index (χ1n) is 5.62. The number of nitro benzene ring substituents is 1. The molecule has 0 unspecified atom stereocenters. The zero-order valence-electron chi connectivity index (χ0n) is 10.5. The third kappa shape index (κ3) is 3.41. The summed E-state index contributed by atoms with van der Waals surface area (Å²) in [6, 6.07) is 9.27. The molecule has 0 aliphatic rings. The van der Waals surface area contributed by atoms with Crippen molar-refractivity contribution in [3.8, 4) is 0 Å². The van der Waals surface area contributed by atoms with E-state index in [1.165, 1.54) is 36.4 Å². The molecule has 0 aliphatic heterocycles. The Labute approximate surface area is 125 Å². The predicted molar refractivity (Wildman–Crippen MR) is 79.8 cm³/mol. The standard InChI is InChI=1S/C12H10ClN3O4S/c13-8-1-3-9(4-2-8)15-21(19,20)10-5-6-11(14)12(7-10)16(17)18/h1-7,15H,14H2. The molecule has 21 heavy (non-hydrogen) atoms. The van der Waals surface area contributed by atoms with Crippen molar-refractivity contribution in [3.63, 3.8) is 0 Å². The SMILES string of the molecule is Nc1ccc(S(=O)(=O)Nc2ccc(Cl)cc2)cc1[N+](=O)[O-]. The molecular weight excluding hydrogens is 318 g/mol. The highest BCUT2D eigenvalue weighted by Gasteiger charge is 2.20. The zero-order chi connectivity index (χ0) is 15.6. The topological polar surface area (TPSA) is 115 Å². The Morgan fingerprint density at radius 2 is 1.76 bits per heavy atom. The molecule has 0 aliphatic carbocycles. The molecule has 2 aromatic carbocycles. The summed E-state index contributed by atoms with van der Waals surface area (Å²) in [5.41, 5.74) is 5.15. The number of sulfonamides is 1. The van der Waals surface area contributed by atoms with Crippen molar-refractivity contribution in [3.05, 3.63) is 57.6 Å². The van der Waals surface area contributed by atoms with Crippen LogP contribution in [-0.2, 0) is 10.0 Å². The number of rotatable bonds is 4. The summed E-state index contributed by atoms with van der Waals surface area (Å²) in [7, 11) is -3.95. The number of benzene rings is 2. The van der Waals surface area contributed by atoms with Gasteiger partial charge < -0.3 is 5.73 Å². The second-order valence-electron chi connectivity index (χ2n) is 4.09. The van der Waals surface area contributed by atoms with Gasteiger partial charge in [0.2, 0.25) is 0 Å². The molecule has 0 saturated heterocycles. The number of nitrogen functional groups attached to an aromatic ring is 1. The van der Waals surface area contributed by atoms with Gasteiger partial charge in [-0.2, -0.15) is 0 Å². The predicted octanol–water partition coefficient (Wildman–Crippen LogP) is 2.63. The van der Waals surface area contributed by atoms with Gasteiger partial charge in [-0.1, -0.05) is 11.6 Å². The molecule has 0 spiro atoms. The van der Waals surface area contributed by atoms with Crippen molar-refractivity contribution < 1.29 is 13.3 Å². The van der Waals surface area contributed by atoms with Crippen LogP contribution in [0.15, 0.2) is 47.4 Å². The van der Waals surface area contributed by atoms with Crippen LogP contribution in [0.2, 0.25) is 5.02 Å². The molecule has 0 atom stereocenters. The minimum atomic E-state index is -3.95. The third-order valence-electron chi connectivity index (χ3n) is 2.61. The zero-order valence-corrected chi connectivity index (χ0v) is 12.1. The lowest BCUT2D eigenvalue weighted by Crippen LogP contribution is -2.13. The first-order valence-corrected chi connectivity index (χ1v) is 7.48. The quantitative estimate of drug-likeness (QED) is 0.508. The molecule has 110 valence electrons. The maximum atomic E-state index is 12.2. The summed E-state index contributed by atoms with van der Waals surface area (Å²) in [5.74, 6) is 0. The second kappa shape index (κ2) is 5.58. The van der Waals surface area contributed by atoms with Gasteiger partial charge in [0.05, 0.1) is 9.82 Å². The van der Waals surface area contributed by atoms with E-state index in [-0.39, 0.29) is 10.6 Å². The van der Waals surface area contributed by atoms with E-state index in [0.29, 0.717) is 10.7 Å². The van der Waals surface area contributed by atoms with Crippen LogP contribution in [0.4, 0.5) is 17.1 Å². The highest BCUT2D eigenvalue weighted by atomic mass is 35.5. The van der Waals surface area contributed by atoms with Crippen molar-refractivity contribution in [1.82, 2.24) is 0 Å². The maximum absolute atomic E-state index is 12.2. The van der Waals surface area contributed by atoms with E-state index in [0.717, 1.165) is 6.07 Å². The number of nitrogens with zero attached hydrogens (tertiary/aromatic N) is 1. The summed E-state index contributed by atoms with van der Waals surface area (Å²) >= 11 is 5.71. The fourth-order valence-corrected chi connectivity index (χ4v) is 2.78. The van der Waals surface area contributed by atoms with Crippen LogP contribution in [0.1, 0.15) is 0 Å². The van der Waals surface area contributed by atoms with E-state index in [9.17, 15) is 18.5 Å². The monoisotopic (exact) mass is 327 g/mol. The van der Waals surface area contributed by atoms with E-state index >= 15 is 0 Å². The van der Waals surface area contributed by atoms with Gasteiger partial charge >= 0.3 is 0 Å². The van der Waals surface area contributed by atoms with Crippen LogP contribution < -0.4 is 10.5 Å². The summed E-state index contributed by atoms with van der Waals surface area (Å²) in [5, 5.41) is 11.3. The first kappa shape index (κ1) is 15.1. The van der Waals surface area contributed by atoms with Gasteiger partial charge in [-0.25, -0.2) is 8.42 Å². The van der Waals surface area contributed by atoms with Gasteiger partial charge in [-0.05, 0) is 36.4 Å². The molecule has 2 aromatic rings. The van der Waals surface area contributed by atoms with Crippen molar-refractivity contribution in [1.29, 1.82) is 0 Å². The molecule has 0 bridgehead atoms. The van der Waals surface area contributed by atoms with Crippen molar-refractivity contribution in [2.45, 2.75) is 4.90 Å². The highest BCUT2D eigenvalue weighted by molar-refractivity contribution is 7.92. The van der Waals surface area contributed by atoms with Crippen LogP contribution in [0.3, 0.4) is 0 Å². The van der Waals surface area contributed by atoms with Gasteiger partial charge in [0.1, 0.15) is 5.69 Å². The van der Waals surface area contributed by atoms with Gasteiger partial charge in [0.25, 0.3) is 15.7 Å². The van der Waals surface area contributed by atoms with E-state index in [2.05, 4.69) is 4.72 Å². The van der Waals surface area contributed by atoms with E-state index in [4.69, 9.17) is 17.3 Å². The first-order chi connectivity index (χ1) is 9.79. The smallest absolute Gasteiger partial charge is 0.293 e. The van der Waals surface area contributed by atoms with Gasteiger partial charge in [-0.3, -0.25) is 14.8 Å². The molecule has 0 radical (unpaired) electrons. The number of nitrogens with two attached hydrogens (primary N) is 1. The lowest BCUT2D eigenvalue weighted by molar-refractivity contribution is -0.384. The Balaban J connectivity index is 2.38. The third-order valence-corrected chi connectivity index (χ3v) is 4.24. The molecule has 2 rings (SSSR count). The lowest BCUT2D eigenvalue weighted by Gasteiger charge is -2.08. The molecule has 0 fully saturated rings.